The molecule has 0 fully saturated rings. The minimum absolute atomic E-state index is 1.25. The lowest BCUT2D eigenvalue weighted by molar-refractivity contribution is 0.639. The van der Waals surface area contributed by atoms with Crippen LogP contribution in [0.2, 0.25) is 0 Å². The molecule has 2 heteroatoms. The normalized spacial score (nSPS) is 11.4. The van der Waals surface area contributed by atoms with Gasteiger partial charge in [0.05, 0.1) is 0 Å². The minimum Gasteiger partial charge on any atom is -0.362 e. The number of hydrogen-bond donors (Lipinski definition) is 2. The van der Waals surface area contributed by atoms with Crippen LogP contribution >= 0.6 is 0 Å². The second kappa shape index (κ2) is 32.2. The van der Waals surface area contributed by atoms with Crippen LogP contribution in [0.15, 0.2) is 0 Å². The molecular formula is C48H90N2. The zero-order valence-electron chi connectivity index (χ0n) is 35.6. The van der Waals surface area contributed by atoms with Crippen molar-refractivity contribution < 1.29 is 0 Å². The summed E-state index contributed by atoms with van der Waals surface area (Å²) in [4.78, 5) is 7.82. The van der Waals surface area contributed by atoms with Gasteiger partial charge in [-0.1, -0.05) is 158 Å². The van der Waals surface area contributed by atoms with E-state index < -0.39 is 0 Å². The lowest BCUT2D eigenvalue weighted by atomic mass is 9.94. The van der Waals surface area contributed by atoms with Crippen LogP contribution in [0, 0.1) is 0 Å². The molecule has 2 aromatic heterocycles. The molecule has 2 heterocycles. The molecule has 0 aromatic carbocycles. The number of aryl methyl sites for hydroxylation is 4. The highest BCUT2D eigenvalue weighted by atomic mass is 14.7. The van der Waals surface area contributed by atoms with Gasteiger partial charge in [-0.3, -0.25) is 0 Å². The maximum atomic E-state index is 3.99. The SMILES string of the molecule is CCCCCCc1[nH]c(CCCCCC)c(CCCCCC)c1CCCCCC.CCCCc1[nH]c(CCCC)c(CCCC)c1CCCC. The fourth-order valence-corrected chi connectivity index (χ4v) is 7.78. The lowest BCUT2D eigenvalue weighted by Crippen LogP contribution is -1.99. The topological polar surface area (TPSA) is 31.6 Å². The standard InChI is InChI=1S/C28H53N.C20H37N/c1-5-9-13-17-21-25-26(22-18-14-10-6-2)28(24-20-16-12-8-4)29-27(25)23-19-15-11-7-3;1-5-9-13-17-18(14-10-6-2)20(16-12-8-4)21-19(17)15-11-7-3/h29H,5-24H2,1-4H3;21H,5-16H2,1-4H3. The molecule has 0 spiro atoms. The smallest absolute Gasteiger partial charge is 0.0184 e. The maximum absolute atomic E-state index is 3.99. The highest BCUT2D eigenvalue weighted by Gasteiger charge is 2.18. The molecule has 0 atom stereocenters. The molecule has 0 radical (unpaired) electrons. The molecule has 0 saturated heterocycles. The van der Waals surface area contributed by atoms with E-state index >= 15 is 0 Å². The van der Waals surface area contributed by atoms with Crippen molar-refractivity contribution in [2.24, 2.45) is 0 Å². The third-order valence-electron chi connectivity index (χ3n) is 11.0. The largest absolute Gasteiger partial charge is 0.362 e. The van der Waals surface area contributed by atoms with Crippen molar-refractivity contribution in [2.75, 3.05) is 0 Å². The van der Waals surface area contributed by atoms with Crippen molar-refractivity contribution in [3.63, 3.8) is 0 Å². The summed E-state index contributed by atoms with van der Waals surface area (Å²) < 4.78 is 0. The van der Waals surface area contributed by atoms with Gasteiger partial charge in [0.1, 0.15) is 0 Å². The molecule has 0 aliphatic carbocycles. The van der Waals surface area contributed by atoms with Crippen LogP contribution in [0.3, 0.4) is 0 Å². The second-order valence-corrected chi connectivity index (χ2v) is 15.7. The summed E-state index contributed by atoms with van der Waals surface area (Å²) >= 11 is 0. The Bertz CT molecular complexity index is 947. The fraction of sp³-hybridized carbons (Fsp3) is 0.833. The van der Waals surface area contributed by atoms with E-state index in [1.807, 2.05) is 0 Å². The third-order valence-corrected chi connectivity index (χ3v) is 11.0. The quantitative estimate of drug-likeness (QED) is 0.0715. The molecule has 0 amide bonds. The summed E-state index contributed by atoms with van der Waals surface area (Å²) in [5, 5.41) is 0. The Morgan fingerprint density at radius 2 is 0.420 bits per heavy atom. The van der Waals surface area contributed by atoms with E-state index in [-0.39, 0.29) is 0 Å². The van der Waals surface area contributed by atoms with E-state index in [1.54, 1.807) is 45.0 Å². The highest BCUT2D eigenvalue weighted by Crippen LogP contribution is 2.28. The summed E-state index contributed by atoms with van der Waals surface area (Å²) in [5.41, 5.74) is 13.3. The average molecular weight is 695 g/mol. The molecule has 50 heavy (non-hydrogen) atoms. The number of aromatic nitrogens is 2. The van der Waals surface area contributed by atoms with Crippen LogP contribution in [-0.2, 0) is 51.4 Å². The van der Waals surface area contributed by atoms with E-state index in [4.69, 9.17) is 0 Å². The van der Waals surface area contributed by atoms with Crippen molar-refractivity contribution in [1.82, 2.24) is 9.97 Å². The monoisotopic (exact) mass is 695 g/mol. The number of unbranched alkanes of at least 4 members (excludes halogenated alkanes) is 16. The van der Waals surface area contributed by atoms with Crippen molar-refractivity contribution in [3.8, 4) is 0 Å². The lowest BCUT2D eigenvalue weighted by Gasteiger charge is -2.10. The first-order chi connectivity index (χ1) is 24.6. The Hall–Kier alpha value is -1.44. The van der Waals surface area contributed by atoms with Crippen LogP contribution in [0.1, 0.15) is 255 Å². The molecule has 0 unspecified atom stereocenters. The molecule has 2 nitrogen and oxygen atoms in total. The van der Waals surface area contributed by atoms with Gasteiger partial charge in [-0.05, 0) is 125 Å². The average Bonchev–Trinajstić information content (AvgIpc) is 3.64. The summed E-state index contributed by atoms with van der Waals surface area (Å²) in [7, 11) is 0. The summed E-state index contributed by atoms with van der Waals surface area (Å²) in [6.45, 7) is 18.5. The molecule has 0 aliphatic rings. The number of hydrogen-bond acceptors (Lipinski definition) is 0. The Kier molecular flexibility index (Phi) is 30.0. The van der Waals surface area contributed by atoms with E-state index in [0.717, 1.165) is 0 Å². The number of rotatable bonds is 32. The van der Waals surface area contributed by atoms with Gasteiger partial charge in [0.25, 0.3) is 0 Å². The number of nitrogens with one attached hydrogen (secondary N) is 2. The first kappa shape index (κ1) is 46.6. The maximum Gasteiger partial charge on any atom is 0.0184 e. The van der Waals surface area contributed by atoms with Gasteiger partial charge in [-0.2, -0.15) is 0 Å². The Morgan fingerprint density at radius 3 is 0.680 bits per heavy atom. The van der Waals surface area contributed by atoms with E-state index in [2.05, 4.69) is 65.4 Å². The van der Waals surface area contributed by atoms with E-state index in [9.17, 15) is 0 Å². The van der Waals surface area contributed by atoms with Crippen LogP contribution in [0.25, 0.3) is 0 Å². The summed E-state index contributed by atoms with van der Waals surface area (Å²) in [6, 6.07) is 0. The van der Waals surface area contributed by atoms with Crippen molar-refractivity contribution in [1.29, 1.82) is 0 Å². The Morgan fingerprint density at radius 1 is 0.220 bits per heavy atom. The van der Waals surface area contributed by atoms with Gasteiger partial charge in [-0.15, -0.1) is 0 Å². The van der Waals surface area contributed by atoms with Crippen LogP contribution < -0.4 is 0 Å². The Labute approximate surface area is 315 Å². The molecule has 2 N–H and O–H groups in total. The first-order valence-corrected chi connectivity index (χ1v) is 23.0. The van der Waals surface area contributed by atoms with Crippen molar-refractivity contribution in [3.05, 3.63) is 45.0 Å². The molecule has 2 rings (SSSR count). The van der Waals surface area contributed by atoms with Crippen molar-refractivity contribution >= 4 is 0 Å². The van der Waals surface area contributed by atoms with Gasteiger partial charge >= 0.3 is 0 Å². The first-order valence-electron chi connectivity index (χ1n) is 23.0. The molecule has 2 aromatic rings. The molecular weight excluding hydrogens is 605 g/mol. The summed E-state index contributed by atoms with van der Waals surface area (Å²) in [5.74, 6) is 0. The zero-order valence-corrected chi connectivity index (χ0v) is 35.6. The van der Waals surface area contributed by atoms with Gasteiger partial charge < -0.3 is 9.97 Å². The third kappa shape index (κ3) is 19.4. The predicted octanol–water partition coefficient (Wildman–Crippen LogP) is 15.9. The zero-order chi connectivity index (χ0) is 36.7. The predicted molar refractivity (Wildman–Crippen MR) is 227 cm³/mol. The number of H-pyrrole nitrogens is 2. The van der Waals surface area contributed by atoms with Gasteiger partial charge in [-0.25, -0.2) is 0 Å². The summed E-state index contributed by atoms with van der Waals surface area (Å²) in [6.07, 6.45) is 42.7. The van der Waals surface area contributed by atoms with Crippen molar-refractivity contribution in [2.45, 2.75) is 261 Å². The highest BCUT2D eigenvalue weighted by molar-refractivity contribution is 5.39. The molecule has 0 saturated carbocycles. The van der Waals surface area contributed by atoms with Crippen LogP contribution in [0.4, 0.5) is 0 Å². The number of aromatic amines is 2. The fourth-order valence-electron chi connectivity index (χ4n) is 7.78. The minimum atomic E-state index is 1.25. The van der Waals surface area contributed by atoms with E-state index in [1.165, 1.54) is 205 Å². The van der Waals surface area contributed by atoms with E-state index in [0.29, 0.717) is 0 Å². The van der Waals surface area contributed by atoms with Gasteiger partial charge in [0, 0.05) is 22.8 Å². The van der Waals surface area contributed by atoms with Crippen LogP contribution in [0.5, 0.6) is 0 Å². The molecule has 292 valence electrons. The molecule has 0 bridgehead atoms. The van der Waals surface area contributed by atoms with Gasteiger partial charge in [0.2, 0.25) is 0 Å². The molecule has 0 aliphatic heterocycles. The van der Waals surface area contributed by atoms with Crippen LogP contribution in [-0.4, -0.2) is 9.97 Å². The van der Waals surface area contributed by atoms with Gasteiger partial charge in [0.15, 0.2) is 0 Å². The second-order valence-electron chi connectivity index (χ2n) is 15.7. The Balaban J connectivity index is 0.000000526.